The lowest BCUT2D eigenvalue weighted by Crippen LogP contribution is -2.42. The molecule has 1 aromatic carbocycles. The number of carbonyl (C=O) groups is 1. The van der Waals surface area contributed by atoms with Gasteiger partial charge in [0.05, 0.1) is 32.2 Å². The summed E-state index contributed by atoms with van der Waals surface area (Å²) in [6.45, 7) is -3.10. The summed E-state index contributed by atoms with van der Waals surface area (Å²) in [7, 11) is 1.38. The smallest absolute Gasteiger partial charge is 0.387 e. The van der Waals surface area contributed by atoms with E-state index in [2.05, 4.69) is 4.98 Å². The summed E-state index contributed by atoms with van der Waals surface area (Å²) in [5, 5.41) is 0. The topological polar surface area (TPSA) is 62.1 Å². The molecule has 2 fully saturated rings. The van der Waals surface area contributed by atoms with Gasteiger partial charge in [-0.2, -0.15) is 8.78 Å². The Labute approximate surface area is 181 Å². The van der Waals surface area contributed by atoms with Crippen molar-refractivity contribution in [2.45, 2.75) is 31.5 Å². The van der Waals surface area contributed by atoms with Gasteiger partial charge in [-0.1, -0.05) is 0 Å². The Balaban J connectivity index is 1.58. The Hall–Kier alpha value is -3.07. The van der Waals surface area contributed by atoms with Crippen LogP contribution in [-0.4, -0.2) is 42.1 Å². The highest BCUT2D eigenvalue weighted by Crippen LogP contribution is 2.41. The summed E-state index contributed by atoms with van der Waals surface area (Å²) in [6, 6.07) is 6.27. The number of nitrogens with zero attached hydrogens (tertiary/aromatic N) is 2. The summed E-state index contributed by atoms with van der Waals surface area (Å²) in [5.74, 6) is -0.0880. The second kappa shape index (κ2) is 7.81. The molecule has 168 valence electrons. The molecule has 9 heteroatoms. The van der Waals surface area contributed by atoms with E-state index in [1.54, 1.807) is 35.0 Å². The third-order valence-corrected chi connectivity index (χ3v) is 5.94. The van der Waals surface area contributed by atoms with Crippen molar-refractivity contribution in [1.82, 2.24) is 9.38 Å². The van der Waals surface area contributed by atoms with Gasteiger partial charge in [0.15, 0.2) is 11.5 Å². The third kappa shape index (κ3) is 3.70. The quantitative estimate of drug-likeness (QED) is 0.466. The molecule has 1 aliphatic heterocycles. The van der Waals surface area contributed by atoms with Gasteiger partial charge >= 0.3 is 6.61 Å². The van der Waals surface area contributed by atoms with Crippen LogP contribution in [-0.2, 0) is 10.4 Å². The molecule has 0 atom stereocenters. The first-order chi connectivity index (χ1) is 15.4. The first-order valence-corrected chi connectivity index (χ1v) is 10.3. The van der Waals surface area contributed by atoms with Crippen molar-refractivity contribution in [3.8, 4) is 22.8 Å². The molecule has 0 N–H and O–H groups in total. The van der Waals surface area contributed by atoms with Crippen LogP contribution in [0, 0.1) is 5.92 Å². The molecule has 0 radical (unpaired) electrons. The average Bonchev–Trinajstić information content (AvgIpc) is 3.45. The number of methoxy groups -OCH3 is 1. The molecular weight excluding hydrogens is 425 g/mol. The van der Waals surface area contributed by atoms with Crippen LogP contribution in [0.5, 0.6) is 11.5 Å². The van der Waals surface area contributed by atoms with E-state index in [1.165, 1.54) is 13.2 Å². The van der Waals surface area contributed by atoms with E-state index in [9.17, 15) is 18.0 Å². The van der Waals surface area contributed by atoms with Crippen molar-refractivity contribution in [1.29, 1.82) is 0 Å². The van der Waals surface area contributed by atoms with E-state index in [-0.39, 0.29) is 48.4 Å². The Bertz CT molecular complexity index is 1190. The van der Waals surface area contributed by atoms with Crippen molar-refractivity contribution in [3.63, 3.8) is 0 Å². The molecule has 3 heterocycles. The van der Waals surface area contributed by atoms with Crippen molar-refractivity contribution >= 4 is 11.4 Å². The first kappa shape index (κ1) is 20.8. The van der Waals surface area contributed by atoms with Crippen molar-refractivity contribution in [2.24, 2.45) is 5.92 Å². The van der Waals surface area contributed by atoms with Gasteiger partial charge in [-0.05, 0) is 48.6 Å². The predicted octanol–water partition coefficient (Wildman–Crippen LogP) is 4.79. The summed E-state index contributed by atoms with van der Waals surface area (Å²) >= 11 is 0. The molecule has 0 amide bonds. The summed E-state index contributed by atoms with van der Waals surface area (Å²) in [4.78, 5) is 17.1. The van der Waals surface area contributed by atoms with E-state index in [4.69, 9.17) is 14.2 Å². The first-order valence-electron chi connectivity index (χ1n) is 10.3. The van der Waals surface area contributed by atoms with Gasteiger partial charge in [0, 0.05) is 18.2 Å². The Morgan fingerprint density at radius 2 is 2.03 bits per heavy atom. The number of imidazole rings is 1. The fraction of sp³-hybridized carbons (Fsp3) is 0.391. The third-order valence-electron chi connectivity index (χ3n) is 5.94. The maximum Gasteiger partial charge on any atom is 0.387 e. The minimum atomic E-state index is -3.10. The highest BCUT2D eigenvalue weighted by Gasteiger charge is 2.41. The number of benzene rings is 1. The largest absolute Gasteiger partial charge is 0.496 e. The van der Waals surface area contributed by atoms with E-state index in [1.807, 2.05) is 0 Å². The monoisotopic (exact) mass is 446 g/mol. The number of ether oxygens (including phenoxy) is 3. The molecule has 0 unspecified atom stereocenters. The fourth-order valence-electron chi connectivity index (χ4n) is 3.97. The number of hydrogen-bond donors (Lipinski definition) is 0. The van der Waals surface area contributed by atoms with Crippen LogP contribution in [0.2, 0.25) is 0 Å². The standard InChI is InChI=1S/C23H21F3N2O4/c1-30-18-7-14(8-19(32-22(24)25)21(18)17(29)6-13-2-3-13)16-10-27-20-9-15(4-5-28(16)20)23(26)11-31-12-23/h4-5,7-10,13,22H,2-3,6,11-12H2,1H3. The lowest BCUT2D eigenvalue weighted by Gasteiger charge is -2.34. The van der Waals surface area contributed by atoms with Gasteiger partial charge in [-0.3, -0.25) is 9.20 Å². The number of aromatic nitrogens is 2. The number of pyridine rings is 1. The highest BCUT2D eigenvalue weighted by molar-refractivity contribution is 6.02. The number of fused-ring (bicyclic) bond motifs is 1. The summed E-state index contributed by atoms with van der Waals surface area (Å²) in [5.41, 5.74) is 0.479. The Kier molecular flexibility index (Phi) is 5.08. The normalized spacial score (nSPS) is 17.4. The number of carbonyl (C=O) groups excluding carboxylic acids is 1. The van der Waals surface area contributed by atoms with Gasteiger partial charge in [0.2, 0.25) is 0 Å². The van der Waals surface area contributed by atoms with Gasteiger partial charge in [-0.15, -0.1) is 0 Å². The molecule has 1 saturated heterocycles. The minimum absolute atomic E-state index is 0.00138. The molecule has 1 saturated carbocycles. The highest BCUT2D eigenvalue weighted by atomic mass is 19.3. The summed E-state index contributed by atoms with van der Waals surface area (Å²) in [6.07, 6.45) is 5.38. The van der Waals surface area contributed by atoms with E-state index in [0.717, 1.165) is 12.8 Å². The van der Waals surface area contributed by atoms with Crippen LogP contribution in [0.1, 0.15) is 35.2 Å². The molecule has 6 nitrogen and oxygen atoms in total. The van der Waals surface area contributed by atoms with E-state index < -0.39 is 12.3 Å². The van der Waals surface area contributed by atoms with Crippen LogP contribution in [0.4, 0.5) is 13.2 Å². The average molecular weight is 446 g/mol. The Morgan fingerprint density at radius 3 is 2.66 bits per heavy atom. The molecule has 3 aromatic rings. The van der Waals surface area contributed by atoms with Gasteiger partial charge < -0.3 is 14.2 Å². The zero-order valence-electron chi connectivity index (χ0n) is 17.3. The number of hydrogen-bond acceptors (Lipinski definition) is 5. The number of alkyl halides is 3. The second-order valence-electron chi connectivity index (χ2n) is 8.25. The molecular formula is C23H21F3N2O4. The van der Waals surface area contributed by atoms with Gasteiger partial charge in [0.1, 0.15) is 22.7 Å². The SMILES string of the molecule is COc1cc(-c2cnc3cc(C4(F)COC4)ccn23)cc(OC(F)F)c1C(=O)CC1CC1. The fourth-order valence-corrected chi connectivity index (χ4v) is 3.97. The zero-order valence-corrected chi connectivity index (χ0v) is 17.3. The lowest BCUT2D eigenvalue weighted by molar-refractivity contribution is -0.135. The molecule has 2 aliphatic rings. The van der Waals surface area contributed by atoms with Gasteiger partial charge in [-0.25, -0.2) is 9.37 Å². The zero-order chi connectivity index (χ0) is 22.5. The lowest BCUT2D eigenvalue weighted by atomic mass is 9.95. The Morgan fingerprint density at radius 1 is 1.28 bits per heavy atom. The van der Waals surface area contributed by atoms with Crippen LogP contribution in [0.3, 0.4) is 0 Å². The maximum absolute atomic E-state index is 14.7. The van der Waals surface area contributed by atoms with Crippen molar-refractivity contribution < 1.29 is 32.2 Å². The second-order valence-corrected chi connectivity index (χ2v) is 8.25. The van der Waals surface area contributed by atoms with Crippen LogP contribution in [0.15, 0.2) is 36.7 Å². The molecule has 2 aromatic heterocycles. The summed E-state index contributed by atoms with van der Waals surface area (Å²) < 4.78 is 57.8. The van der Waals surface area contributed by atoms with E-state index in [0.29, 0.717) is 22.5 Å². The molecule has 0 bridgehead atoms. The van der Waals surface area contributed by atoms with Gasteiger partial charge in [0.25, 0.3) is 0 Å². The predicted molar refractivity (Wildman–Crippen MR) is 109 cm³/mol. The number of rotatable bonds is 8. The number of Topliss-reactive ketones (excluding diaryl/α,β-unsaturated/α-hetero) is 1. The van der Waals surface area contributed by atoms with Crippen molar-refractivity contribution in [2.75, 3.05) is 20.3 Å². The molecule has 1 aliphatic carbocycles. The van der Waals surface area contributed by atoms with Crippen LogP contribution < -0.4 is 9.47 Å². The van der Waals surface area contributed by atoms with E-state index >= 15 is 0 Å². The number of halogens is 3. The van der Waals surface area contributed by atoms with Crippen molar-refractivity contribution in [3.05, 3.63) is 47.8 Å². The maximum atomic E-state index is 14.7. The molecule has 32 heavy (non-hydrogen) atoms. The molecule has 0 spiro atoms. The minimum Gasteiger partial charge on any atom is -0.496 e. The van der Waals surface area contributed by atoms with Crippen LogP contribution in [0.25, 0.3) is 16.9 Å². The van der Waals surface area contributed by atoms with Crippen LogP contribution >= 0.6 is 0 Å². The number of ketones is 1. The molecule has 5 rings (SSSR count).